The maximum atomic E-state index is 14.2. The average Bonchev–Trinajstić information content (AvgIpc) is 3.22. The van der Waals surface area contributed by atoms with Crippen molar-refractivity contribution in [3.05, 3.63) is 65.4 Å². The molecule has 1 N–H and O–H groups in total. The lowest BCUT2D eigenvalue weighted by Crippen LogP contribution is -2.21. The number of nitriles is 1. The Balaban J connectivity index is 1.58. The van der Waals surface area contributed by atoms with Crippen molar-refractivity contribution in [3.63, 3.8) is 0 Å². The van der Waals surface area contributed by atoms with Crippen LogP contribution in [-0.4, -0.2) is 30.3 Å². The van der Waals surface area contributed by atoms with Gasteiger partial charge in [0.25, 0.3) is 0 Å². The molecule has 4 aromatic rings. The van der Waals surface area contributed by atoms with Crippen LogP contribution in [0.1, 0.15) is 17.0 Å². The molecule has 144 valence electrons. The minimum Gasteiger partial charge on any atom is -0.292 e. The number of carbonyl (C=O) groups is 1. The van der Waals surface area contributed by atoms with E-state index in [1.54, 1.807) is 23.0 Å². The highest BCUT2D eigenvalue weighted by atomic mass is 19.1. The fourth-order valence-corrected chi connectivity index (χ4v) is 3.05. The largest absolute Gasteiger partial charge is 0.292 e. The summed E-state index contributed by atoms with van der Waals surface area (Å²) in [6, 6.07) is 11.4. The van der Waals surface area contributed by atoms with Crippen LogP contribution in [0, 0.1) is 31.0 Å². The van der Waals surface area contributed by atoms with Gasteiger partial charge in [0.2, 0.25) is 11.9 Å². The molecule has 1 aromatic carbocycles. The molecule has 8 nitrogen and oxygen atoms in total. The summed E-state index contributed by atoms with van der Waals surface area (Å²) in [6.07, 6.45) is 1.60. The quantitative estimate of drug-likeness (QED) is 0.578. The van der Waals surface area contributed by atoms with Gasteiger partial charge in [0, 0.05) is 23.0 Å². The Morgan fingerprint density at radius 2 is 2.03 bits per heavy atom. The van der Waals surface area contributed by atoms with Crippen molar-refractivity contribution in [2.75, 3.05) is 5.32 Å². The zero-order chi connectivity index (χ0) is 20.5. The molecule has 9 heteroatoms. The fourth-order valence-electron chi connectivity index (χ4n) is 3.05. The summed E-state index contributed by atoms with van der Waals surface area (Å²) in [6.45, 7) is 3.78. The first kappa shape index (κ1) is 18.3. The van der Waals surface area contributed by atoms with E-state index in [2.05, 4.69) is 20.5 Å². The molecule has 0 radical (unpaired) electrons. The van der Waals surface area contributed by atoms with E-state index in [1.807, 2.05) is 26.0 Å². The second kappa shape index (κ2) is 7.16. The van der Waals surface area contributed by atoms with E-state index in [4.69, 9.17) is 5.26 Å². The van der Waals surface area contributed by atoms with E-state index in [0.29, 0.717) is 16.8 Å². The van der Waals surface area contributed by atoms with E-state index in [9.17, 15) is 9.18 Å². The Labute approximate surface area is 165 Å². The molecule has 0 aliphatic carbocycles. The van der Waals surface area contributed by atoms with Crippen LogP contribution in [0.4, 0.5) is 10.3 Å². The molecule has 0 spiro atoms. The minimum atomic E-state index is -0.443. The van der Waals surface area contributed by atoms with Gasteiger partial charge in [-0.3, -0.25) is 14.8 Å². The van der Waals surface area contributed by atoms with Crippen LogP contribution in [0.5, 0.6) is 0 Å². The van der Waals surface area contributed by atoms with Crippen LogP contribution in [-0.2, 0) is 11.3 Å². The van der Waals surface area contributed by atoms with Crippen LogP contribution >= 0.6 is 0 Å². The number of fused-ring (bicyclic) bond motifs is 1. The normalized spacial score (nSPS) is 10.8. The van der Waals surface area contributed by atoms with Gasteiger partial charge in [-0.2, -0.15) is 15.3 Å². The second-order valence-electron chi connectivity index (χ2n) is 6.60. The molecule has 0 aliphatic rings. The summed E-state index contributed by atoms with van der Waals surface area (Å²) < 4.78 is 17.2. The van der Waals surface area contributed by atoms with Crippen molar-refractivity contribution in [1.82, 2.24) is 24.4 Å². The SMILES string of the molecule is Cc1cc(C)n(CC(=O)Nc2nc3ccc(-c4cc(C#N)ccc4F)cn3n2)n1. The van der Waals surface area contributed by atoms with Crippen molar-refractivity contribution in [3.8, 4) is 17.2 Å². The summed E-state index contributed by atoms with van der Waals surface area (Å²) in [7, 11) is 0. The van der Waals surface area contributed by atoms with Gasteiger partial charge in [0.05, 0.1) is 17.3 Å². The monoisotopic (exact) mass is 389 g/mol. The Morgan fingerprint density at radius 3 is 2.76 bits per heavy atom. The van der Waals surface area contributed by atoms with Crippen LogP contribution < -0.4 is 5.32 Å². The van der Waals surface area contributed by atoms with E-state index >= 15 is 0 Å². The first-order valence-electron chi connectivity index (χ1n) is 8.80. The van der Waals surface area contributed by atoms with Gasteiger partial charge in [-0.25, -0.2) is 8.91 Å². The molecule has 0 bridgehead atoms. The Kier molecular flexibility index (Phi) is 4.52. The Bertz CT molecular complexity index is 1280. The van der Waals surface area contributed by atoms with Crippen molar-refractivity contribution in [2.45, 2.75) is 20.4 Å². The third-order valence-corrected chi connectivity index (χ3v) is 4.39. The van der Waals surface area contributed by atoms with Crippen LogP contribution in [0.25, 0.3) is 16.8 Å². The zero-order valence-electron chi connectivity index (χ0n) is 15.7. The highest BCUT2D eigenvalue weighted by Gasteiger charge is 2.13. The second-order valence-corrected chi connectivity index (χ2v) is 6.60. The zero-order valence-corrected chi connectivity index (χ0v) is 15.7. The first-order valence-corrected chi connectivity index (χ1v) is 8.80. The van der Waals surface area contributed by atoms with Crippen molar-refractivity contribution in [2.24, 2.45) is 0 Å². The molecule has 1 amide bonds. The molecule has 0 saturated heterocycles. The molecule has 0 saturated carbocycles. The topological polar surface area (TPSA) is 101 Å². The number of amides is 1. The number of aromatic nitrogens is 5. The van der Waals surface area contributed by atoms with Crippen molar-refractivity contribution < 1.29 is 9.18 Å². The lowest BCUT2D eigenvalue weighted by Gasteiger charge is -2.04. The summed E-state index contributed by atoms with van der Waals surface area (Å²) >= 11 is 0. The van der Waals surface area contributed by atoms with E-state index in [0.717, 1.165) is 11.4 Å². The van der Waals surface area contributed by atoms with Crippen LogP contribution in [0.3, 0.4) is 0 Å². The Hall–Kier alpha value is -4.06. The highest BCUT2D eigenvalue weighted by molar-refractivity contribution is 5.89. The predicted octanol–water partition coefficient (Wildman–Crippen LogP) is 2.86. The fraction of sp³-hybridized carbons (Fsp3) is 0.150. The lowest BCUT2D eigenvalue weighted by atomic mass is 10.0. The maximum absolute atomic E-state index is 14.2. The average molecular weight is 389 g/mol. The van der Waals surface area contributed by atoms with Gasteiger partial charge >= 0.3 is 0 Å². The van der Waals surface area contributed by atoms with Crippen LogP contribution in [0.15, 0.2) is 42.6 Å². The van der Waals surface area contributed by atoms with Gasteiger partial charge < -0.3 is 0 Å². The molecule has 3 heterocycles. The van der Waals surface area contributed by atoms with Gasteiger partial charge in [0.15, 0.2) is 5.65 Å². The molecular weight excluding hydrogens is 373 g/mol. The number of carbonyl (C=O) groups excluding carboxylic acids is 1. The summed E-state index contributed by atoms with van der Waals surface area (Å²) in [5.74, 6) is -0.609. The van der Waals surface area contributed by atoms with Gasteiger partial charge in [-0.1, -0.05) is 0 Å². The number of benzene rings is 1. The molecule has 29 heavy (non-hydrogen) atoms. The number of nitrogens with zero attached hydrogens (tertiary/aromatic N) is 6. The maximum Gasteiger partial charge on any atom is 0.249 e. The number of hydrogen-bond donors (Lipinski definition) is 1. The van der Waals surface area contributed by atoms with Crippen molar-refractivity contribution in [1.29, 1.82) is 5.26 Å². The molecular formula is C20H16FN7O. The summed E-state index contributed by atoms with van der Waals surface area (Å²) in [5.41, 5.74) is 3.39. The smallest absolute Gasteiger partial charge is 0.249 e. The molecule has 4 rings (SSSR count). The van der Waals surface area contributed by atoms with E-state index in [1.165, 1.54) is 22.7 Å². The third-order valence-electron chi connectivity index (χ3n) is 4.39. The Morgan fingerprint density at radius 1 is 1.21 bits per heavy atom. The van der Waals surface area contributed by atoms with E-state index in [-0.39, 0.29) is 24.0 Å². The minimum absolute atomic E-state index is 0.0483. The van der Waals surface area contributed by atoms with E-state index < -0.39 is 5.82 Å². The number of anilines is 1. The van der Waals surface area contributed by atoms with Gasteiger partial charge in [0.1, 0.15) is 12.4 Å². The predicted molar refractivity (Wildman–Crippen MR) is 103 cm³/mol. The standard InChI is InChI=1S/C20H16FN7O/c1-12-7-13(2)27(25-12)11-19(29)24-20-23-18-6-4-15(10-28(18)26-20)16-8-14(9-22)3-5-17(16)21/h3-8,10H,11H2,1-2H3,(H,24,26,29). The van der Waals surface area contributed by atoms with Gasteiger partial charge in [-0.15, -0.1) is 5.10 Å². The molecule has 0 unspecified atom stereocenters. The third kappa shape index (κ3) is 3.68. The van der Waals surface area contributed by atoms with Gasteiger partial charge in [-0.05, 0) is 50.2 Å². The highest BCUT2D eigenvalue weighted by Crippen LogP contribution is 2.24. The van der Waals surface area contributed by atoms with Crippen molar-refractivity contribution >= 4 is 17.5 Å². The molecule has 3 aromatic heterocycles. The lowest BCUT2D eigenvalue weighted by molar-refractivity contribution is -0.117. The molecule has 0 aliphatic heterocycles. The number of aryl methyl sites for hydroxylation is 2. The summed E-state index contributed by atoms with van der Waals surface area (Å²) in [5, 5.41) is 20.2. The molecule has 0 fully saturated rings. The summed E-state index contributed by atoms with van der Waals surface area (Å²) in [4.78, 5) is 16.5. The number of halogens is 1. The number of rotatable bonds is 4. The number of nitrogens with one attached hydrogen (secondary N) is 1. The number of pyridine rings is 1. The first-order chi connectivity index (χ1) is 13.9. The number of hydrogen-bond acceptors (Lipinski definition) is 5. The van der Waals surface area contributed by atoms with Crippen LogP contribution in [0.2, 0.25) is 0 Å². The molecule has 0 atom stereocenters.